The number of halogens is 1. The van der Waals surface area contributed by atoms with Crippen LogP contribution >= 0.6 is 11.6 Å². The van der Waals surface area contributed by atoms with Crippen molar-refractivity contribution < 1.29 is 13.9 Å². The van der Waals surface area contributed by atoms with E-state index in [4.69, 9.17) is 31.0 Å². The van der Waals surface area contributed by atoms with E-state index in [1.165, 1.54) is 23.1 Å². The van der Waals surface area contributed by atoms with Crippen molar-refractivity contribution in [2.24, 2.45) is 0 Å². The molecule has 0 aliphatic heterocycles. The largest absolute Gasteiger partial charge is 0.507 e. The summed E-state index contributed by atoms with van der Waals surface area (Å²) in [7, 11) is 0. The lowest BCUT2D eigenvalue weighted by molar-refractivity contribution is 0.326. The van der Waals surface area contributed by atoms with E-state index < -0.39 is 11.3 Å². The van der Waals surface area contributed by atoms with Crippen molar-refractivity contribution in [2.45, 2.75) is 6.54 Å². The Balaban J connectivity index is 1.97. The van der Waals surface area contributed by atoms with Gasteiger partial charge in [-0.15, -0.1) is 0 Å². The average Bonchev–Trinajstić information content (AvgIpc) is 2.75. The highest BCUT2D eigenvalue weighted by Crippen LogP contribution is 2.34. The maximum absolute atomic E-state index is 12.7. The summed E-state index contributed by atoms with van der Waals surface area (Å²) in [6.45, 7) is -0.150. The molecule has 2 heterocycles. The molecule has 0 aliphatic carbocycles. The fraction of sp³-hybridized carbons (Fsp3) is 0.130. The number of benzene rings is 2. The molecule has 0 aliphatic rings. The van der Waals surface area contributed by atoms with Gasteiger partial charge in [0.1, 0.15) is 16.9 Å². The van der Waals surface area contributed by atoms with Crippen LogP contribution in [0.15, 0.2) is 60.9 Å². The quantitative estimate of drug-likeness (QED) is 0.361. The van der Waals surface area contributed by atoms with Gasteiger partial charge >= 0.3 is 11.3 Å². The second-order valence-electron chi connectivity index (χ2n) is 7.01. The molecule has 4 rings (SSSR count). The maximum Gasteiger partial charge on any atom is 0.344 e. The molecule has 1 N–H and O–H groups in total. The van der Waals surface area contributed by atoms with Gasteiger partial charge in [0.25, 0.3) is 0 Å². The molecular formula is C23H14ClN3O5. The van der Waals surface area contributed by atoms with Crippen molar-refractivity contribution in [3.05, 3.63) is 73.9 Å². The average molecular weight is 448 g/mol. The fourth-order valence-corrected chi connectivity index (χ4v) is 3.70. The summed E-state index contributed by atoms with van der Waals surface area (Å²) in [5.41, 5.74) is -0.383. The van der Waals surface area contributed by atoms with Crippen LogP contribution < -0.4 is 11.3 Å². The number of phenols is 1. The molecular weight excluding hydrogens is 434 g/mol. The van der Waals surface area contributed by atoms with Gasteiger partial charge in [0, 0.05) is 34.0 Å². The molecule has 4 aromatic rings. The Kier molecular flexibility index (Phi) is 5.65. The first-order valence-electron chi connectivity index (χ1n) is 9.40. The zero-order valence-corrected chi connectivity index (χ0v) is 17.2. The zero-order valence-electron chi connectivity index (χ0n) is 16.5. The first-order valence-corrected chi connectivity index (χ1v) is 9.78. The van der Waals surface area contributed by atoms with Crippen molar-refractivity contribution >= 4 is 33.5 Å². The van der Waals surface area contributed by atoms with Crippen LogP contribution in [0.3, 0.4) is 0 Å². The summed E-state index contributed by atoms with van der Waals surface area (Å²) in [5.74, 6) is -0.170. The van der Waals surface area contributed by atoms with Crippen LogP contribution in [-0.4, -0.2) is 23.1 Å². The molecule has 0 fully saturated rings. The Morgan fingerprint density at radius 3 is 2.44 bits per heavy atom. The smallest absolute Gasteiger partial charge is 0.344 e. The summed E-state index contributed by atoms with van der Waals surface area (Å²) in [6.07, 6.45) is 0. The number of hydrogen-bond acceptors (Lipinski definition) is 8. The van der Waals surface area contributed by atoms with Gasteiger partial charge in [-0.2, -0.15) is 10.5 Å². The molecule has 0 saturated heterocycles. The molecule has 0 unspecified atom stereocenters. The highest BCUT2D eigenvalue weighted by atomic mass is 35.5. The second kappa shape index (κ2) is 8.56. The molecule has 0 radical (unpaired) electrons. The van der Waals surface area contributed by atoms with Gasteiger partial charge in [0.05, 0.1) is 36.4 Å². The predicted octanol–water partition coefficient (Wildman–Crippen LogP) is 3.77. The van der Waals surface area contributed by atoms with Crippen LogP contribution in [0.25, 0.3) is 33.1 Å². The molecule has 0 spiro atoms. The van der Waals surface area contributed by atoms with E-state index in [2.05, 4.69) is 0 Å². The molecule has 0 amide bonds. The molecule has 158 valence electrons. The van der Waals surface area contributed by atoms with E-state index in [0.717, 1.165) is 0 Å². The van der Waals surface area contributed by atoms with Crippen LogP contribution in [0.5, 0.6) is 5.75 Å². The zero-order chi connectivity index (χ0) is 22.8. The lowest BCUT2D eigenvalue weighted by atomic mass is 9.99. The summed E-state index contributed by atoms with van der Waals surface area (Å²) < 4.78 is 10.8. The third-order valence-electron chi connectivity index (χ3n) is 4.95. The number of hydrogen-bond donors (Lipinski definition) is 1. The fourth-order valence-electron chi connectivity index (χ4n) is 3.52. The van der Waals surface area contributed by atoms with E-state index in [-0.39, 0.29) is 47.7 Å². The topological polar surface area (TPSA) is 131 Å². The monoisotopic (exact) mass is 447 g/mol. The maximum atomic E-state index is 12.7. The highest BCUT2D eigenvalue weighted by Gasteiger charge is 2.19. The number of rotatable bonds is 5. The standard InChI is InChI=1S/C23H14ClN3O5/c24-14-1-4-20-13(9-14)10-17(23(30)31-20)16-11-21(29)32-22-15(16)2-3-19(28)18(22)12-27(7-5-25)8-6-26/h1-4,9-11,28H,7-8,12H2. The SMILES string of the molecule is N#CCN(CC#N)Cc1c(O)ccc2c(-c3cc4cc(Cl)ccc4oc3=O)cc(=O)oc12. The van der Waals surface area contributed by atoms with Crippen LogP contribution in [-0.2, 0) is 6.54 Å². The molecule has 9 heteroatoms. The number of nitrogens with zero attached hydrogens (tertiary/aromatic N) is 3. The Hall–Kier alpha value is -4.11. The third-order valence-corrected chi connectivity index (χ3v) is 5.18. The van der Waals surface area contributed by atoms with E-state index in [0.29, 0.717) is 21.4 Å². The van der Waals surface area contributed by atoms with Crippen molar-refractivity contribution in [1.82, 2.24) is 4.90 Å². The Morgan fingerprint density at radius 2 is 1.72 bits per heavy atom. The summed E-state index contributed by atoms with van der Waals surface area (Å²) >= 11 is 6.05. The van der Waals surface area contributed by atoms with Crippen LogP contribution in [0.4, 0.5) is 0 Å². The number of phenolic OH excluding ortho intramolecular Hbond substituents is 1. The summed E-state index contributed by atoms with van der Waals surface area (Å²) in [4.78, 5) is 26.6. The van der Waals surface area contributed by atoms with Gasteiger partial charge < -0.3 is 13.9 Å². The molecule has 32 heavy (non-hydrogen) atoms. The molecule has 0 bridgehead atoms. The minimum absolute atomic E-state index is 0.0153. The highest BCUT2D eigenvalue weighted by molar-refractivity contribution is 6.31. The van der Waals surface area contributed by atoms with E-state index in [1.807, 2.05) is 12.1 Å². The first-order chi connectivity index (χ1) is 15.4. The van der Waals surface area contributed by atoms with Gasteiger partial charge in [0.2, 0.25) is 0 Å². The van der Waals surface area contributed by atoms with Gasteiger partial charge in [0.15, 0.2) is 0 Å². The van der Waals surface area contributed by atoms with Crippen molar-refractivity contribution in [3.63, 3.8) is 0 Å². The van der Waals surface area contributed by atoms with Gasteiger partial charge in [-0.3, -0.25) is 4.90 Å². The molecule has 2 aromatic carbocycles. The second-order valence-corrected chi connectivity index (χ2v) is 7.45. The summed E-state index contributed by atoms with van der Waals surface area (Å²) in [6, 6.07) is 14.4. The lowest BCUT2D eigenvalue weighted by Crippen LogP contribution is -2.24. The van der Waals surface area contributed by atoms with E-state index in [1.54, 1.807) is 24.3 Å². The van der Waals surface area contributed by atoms with Crippen LogP contribution in [0.2, 0.25) is 5.02 Å². The molecule has 0 atom stereocenters. The number of fused-ring (bicyclic) bond motifs is 2. The number of aromatic hydroxyl groups is 1. The van der Waals surface area contributed by atoms with Crippen LogP contribution in [0.1, 0.15) is 5.56 Å². The third kappa shape index (κ3) is 3.93. The normalized spacial score (nSPS) is 11.0. The summed E-state index contributed by atoms with van der Waals surface area (Å²) in [5, 5.41) is 29.9. The van der Waals surface area contributed by atoms with Crippen molar-refractivity contribution in [1.29, 1.82) is 10.5 Å². The number of nitriles is 2. The van der Waals surface area contributed by atoms with Gasteiger partial charge in [-0.1, -0.05) is 11.6 Å². The minimum Gasteiger partial charge on any atom is -0.507 e. The molecule has 0 saturated carbocycles. The Morgan fingerprint density at radius 1 is 0.969 bits per heavy atom. The van der Waals surface area contributed by atoms with E-state index in [9.17, 15) is 14.7 Å². The predicted molar refractivity (Wildman–Crippen MR) is 117 cm³/mol. The first kappa shape index (κ1) is 21.1. The van der Waals surface area contributed by atoms with Crippen LogP contribution in [0, 0.1) is 22.7 Å². The van der Waals surface area contributed by atoms with Gasteiger partial charge in [-0.25, -0.2) is 9.59 Å². The van der Waals surface area contributed by atoms with Crippen molar-refractivity contribution in [2.75, 3.05) is 13.1 Å². The molecule has 2 aromatic heterocycles. The van der Waals surface area contributed by atoms with E-state index >= 15 is 0 Å². The Labute approximate surface area is 185 Å². The minimum atomic E-state index is -0.739. The molecule has 8 nitrogen and oxygen atoms in total. The lowest BCUT2D eigenvalue weighted by Gasteiger charge is -2.17. The van der Waals surface area contributed by atoms with Crippen molar-refractivity contribution in [3.8, 4) is 29.0 Å². The Bertz CT molecular complexity index is 1540. The van der Waals surface area contributed by atoms with Gasteiger partial charge in [-0.05, 0) is 36.4 Å².